The number of rotatable bonds is 6. The Labute approximate surface area is 129 Å². The Morgan fingerprint density at radius 2 is 2.00 bits per heavy atom. The lowest BCUT2D eigenvalue weighted by Gasteiger charge is -2.29. The summed E-state index contributed by atoms with van der Waals surface area (Å²) in [4.78, 5) is 11.5. The molecule has 1 saturated carbocycles. The van der Waals surface area contributed by atoms with E-state index in [1.165, 1.54) is 5.56 Å². The van der Waals surface area contributed by atoms with E-state index in [0.717, 1.165) is 36.7 Å². The Morgan fingerprint density at radius 3 is 2.74 bits per heavy atom. The van der Waals surface area contributed by atoms with E-state index in [2.05, 4.69) is 34.7 Å². The summed E-state index contributed by atoms with van der Waals surface area (Å²) in [6, 6.07) is 10.3. The van der Waals surface area contributed by atoms with Gasteiger partial charge in [-0.3, -0.25) is 4.79 Å². The molecule has 0 heterocycles. The second kappa shape index (κ2) is 8.00. The topological polar surface area (TPSA) is 26.3 Å². The molecule has 1 aliphatic carbocycles. The lowest BCUT2D eigenvalue weighted by atomic mass is 9.78. The quantitative estimate of drug-likeness (QED) is 0.429. The number of ether oxygens (including phenoxy) is 1. The zero-order valence-electron chi connectivity index (χ0n) is 11.2. The maximum Gasteiger partial charge on any atom is 0.133 e. The zero-order chi connectivity index (χ0) is 13.5. The van der Waals surface area contributed by atoms with E-state index in [1.54, 1.807) is 0 Å². The number of hydrogen-bond acceptors (Lipinski definition) is 2. The molecule has 0 aliphatic heterocycles. The molecule has 1 aliphatic rings. The molecule has 0 spiro atoms. The lowest BCUT2D eigenvalue weighted by molar-refractivity contribution is -0.122. The second-order valence-corrected chi connectivity index (χ2v) is 6.16. The fourth-order valence-electron chi connectivity index (χ4n) is 2.70. The maximum atomic E-state index is 11.5. The summed E-state index contributed by atoms with van der Waals surface area (Å²) >= 11 is 2.41. The molecular formula is C16H21IO2. The van der Waals surface area contributed by atoms with Crippen LogP contribution in [0, 0.1) is 11.8 Å². The van der Waals surface area contributed by atoms with Crippen LogP contribution in [0.3, 0.4) is 0 Å². The van der Waals surface area contributed by atoms with Crippen LogP contribution in [0.15, 0.2) is 30.3 Å². The van der Waals surface area contributed by atoms with Gasteiger partial charge in [-0.15, -0.1) is 0 Å². The van der Waals surface area contributed by atoms with Gasteiger partial charge in [0.05, 0.1) is 6.61 Å². The van der Waals surface area contributed by atoms with Crippen LogP contribution in [0.2, 0.25) is 0 Å². The summed E-state index contributed by atoms with van der Waals surface area (Å²) in [6.07, 6.45) is 3.71. The number of benzene rings is 1. The molecule has 104 valence electrons. The molecule has 2 rings (SSSR count). The summed E-state index contributed by atoms with van der Waals surface area (Å²) in [5, 5.41) is 0. The van der Waals surface area contributed by atoms with Crippen LogP contribution in [-0.4, -0.2) is 16.8 Å². The third-order valence-electron chi connectivity index (χ3n) is 3.89. The van der Waals surface area contributed by atoms with Crippen molar-refractivity contribution >= 4 is 28.4 Å². The molecule has 2 nitrogen and oxygen atoms in total. The molecule has 1 fully saturated rings. The minimum Gasteiger partial charge on any atom is -0.377 e. The van der Waals surface area contributed by atoms with E-state index in [0.29, 0.717) is 24.2 Å². The van der Waals surface area contributed by atoms with Crippen LogP contribution < -0.4 is 0 Å². The fourth-order valence-corrected chi connectivity index (χ4v) is 3.73. The molecule has 2 atom stereocenters. The number of halogens is 1. The Kier molecular flexibility index (Phi) is 6.31. The molecule has 0 bridgehead atoms. The van der Waals surface area contributed by atoms with E-state index >= 15 is 0 Å². The normalized spacial score (nSPS) is 23.5. The Bertz CT molecular complexity index is 391. The van der Waals surface area contributed by atoms with Gasteiger partial charge in [-0.2, -0.15) is 0 Å². The van der Waals surface area contributed by atoms with Gasteiger partial charge in [0.15, 0.2) is 0 Å². The molecule has 1 aromatic rings. The predicted molar refractivity (Wildman–Crippen MR) is 85.4 cm³/mol. The van der Waals surface area contributed by atoms with Crippen molar-refractivity contribution in [2.45, 2.75) is 32.3 Å². The SMILES string of the molecule is O=C1CC[C@H](CCOCc2ccccc2)[C@@H](CI)C1. The number of hydrogen-bond donors (Lipinski definition) is 0. The van der Waals surface area contributed by atoms with E-state index in [1.807, 2.05) is 18.2 Å². The monoisotopic (exact) mass is 372 g/mol. The third kappa shape index (κ3) is 4.88. The van der Waals surface area contributed by atoms with Gasteiger partial charge in [0, 0.05) is 23.9 Å². The summed E-state index contributed by atoms with van der Waals surface area (Å²) < 4.78 is 6.84. The summed E-state index contributed by atoms with van der Waals surface area (Å²) in [5.41, 5.74) is 1.23. The highest BCUT2D eigenvalue weighted by Gasteiger charge is 2.27. The lowest BCUT2D eigenvalue weighted by Crippen LogP contribution is -2.27. The second-order valence-electron chi connectivity index (χ2n) is 5.28. The van der Waals surface area contributed by atoms with Crippen LogP contribution in [0.4, 0.5) is 0 Å². The number of ketones is 1. The molecule has 19 heavy (non-hydrogen) atoms. The van der Waals surface area contributed by atoms with Crippen LogP contribution >= 0.6 is 22.6 Å². The van der Waals surface area contributed by atoms with Gasteiger partial charge in [0.2, 0.25) is 0 Å². The minimum absolute atomic E-state index is 0.447. The van der Waals surface area contributed by atoms with E-state index in [9.17, 15) is 4.79 Å². The van der Waals surface area contributed by atoms with Crippen molar-refractivity contribution < 1.29 is 9.53 Å². The standard InChI is InChI=1S/C16H21IO2/c17-11-15-10-16(18)7-6-14(15)8-9-19-12-13-4-2-1-3-5-13/h1-5,14-15H,6-12H2/t14-,15-/m1/s1. The van der Waals surface area contributed by atoms with Crippen molar-refractivity contribution in [2.75, 3.05) is 11.0 Å². The fraction of sp³-hybridized carbons (Fsp3) is 0.562. The highest BCUT2D eigenvalue weighted by Crippen LogP contribution is 2.32. The molecule has 3 heteroatoms. The smallest absolute Gasteiger partial charge is 0.133 e. The number of carbonyl (C=O) groups is 1. The van der Waals surface area contributed by atoms with Crippen molar-refractivity contribution in [3.63, 3.8) is 0 Å². The van der Waals surface area contributed by atoms with Crippen molar-refractivity contribution in [1.29, 1.82) is 0 Å². The van der Waals surface area contributed by atoms with Crippen molar-refractivity contribution in [1.82, 2.24) is 0 Å². The molecule has 0 aromatic heterocycles. The molecule has 0 radical (unpaired) electrons. The van der Waals surface area contributed by atoms with Gasteiger partial charge < -0.3 is 4.74 Å². The summed E-state index contributed by atoms with van der Waals surface area (Å²) in [5.74, 6) is 1.69. The van der Waals surface area contributed by atoms with Crippen LogP contribution in [0.5, 0.6) is 0 Å². The molecule has 0 amide bonds. The Hall–Kier alpha value is -0.420. The van der Waals surface area contributed by atoms with Crippen molar-refractivity contribution in [3.8, 4) is 0 Å². The average molecular weight is 372 g/mol. The van der Waals surface area contributed by atoms with Gasteiger partial charge in [-0.25, -0.2) is 0 Å². The molecule has 0 unspecified atom stereocenters. The number of Topliss-reactive ketones (excluding diaryl/α,β-unsaturated/α-hetero) is 1. The molecule has 1 aromatic carbocycles. The number of carbonyl (C=O) groups excluding carboxylic acids is 1. The first-order valence-corrected chi connectivity index (χ1v) is 8.51. The molecule has 0 N–H and O–H groups in total. The molecule has 0 saturated heterocycles. The highest BCUT2D eigenvalue weighted by atomic mass is 127. The van der Waals surface area contributed by atoms with Crippen molar-refractivity contribution in [2.24, 2.45) is 11.8 Å². The average Bonchev–Trinajstić information content (AvgIpc) is 2.46. The minimum atomic E-state index is 0.447. The molecular weight excluding hydrogens is 351 g/mol. The van der Waals surface area contributed by atoms with E-state index in [-0.39, 0.29) is 0 Å². The first kappa shape index (κ1) is 15.0. The largest absolute Gasteiger partial charge is 0.377 e. The summed E-state index contributed by atoms with van der Waals surface area (Å²) in [6.45, 7) is 1.50. The van der Waals surface area contributed by atoms with Gasteiger partial charge >= 0.3 is 0 Å². The van der Waals surface area contributed by atoms with E-state index in [4.69, 9.17) is 4.74 Å². The van der Waals surface area contributed by atoms with Gasteiger partial charge in [0.1, 0.15) is 5.78 Å². The number of alkyl halides is 1. The van der Waals surface area contributed by atoms with Gasteiger partial charge in [0.25, 0.3) is 0 Å². The third-order valence-corrected chi connectivity index (χ3v) is 5.02. The predicted octanol–water partition coefficient (Wildman–Crippen LogP) is 4.01. The highest BCUT2D eigenvalue weighted by molar-refractivity contribution is 14.1. The van der Waals surface area contributed by atoms with Crippen molar-refractivity contribution in [3.05, 3.63) is 35.9 Å². The maximum absolute atomic E-state index is 11.5. The Balaban J connectivity index is 1.69. The van der Waals surface area contributed by atoms with Crippen LogP contribution in [0.1, 0.15) is 31.2 Å². The zero-order valence-corrected chi connectivity index (χ0v) is 13.3. The van der Waals surface area contributed by atoms with E-state index < -0.39 is 0 Å². The first-order chi connectivity index (χ1) is 9.29. The van der Waals surface area contributed by atoms with Gasteiger partial charge in [-0.1, -0.05) is 52.9 Å². The first-order valence-electron chi connectivity index (χ1n) is 6.99. The Morgan fingerprint density at radius 1 is 1.21 bits per heavy atom. The van der Waals surface area contributed by atoms with Crippen LogP contribution in [0.25, 0.3) is 0 Å². The van der Waals surface area contributed by atoms with Gasteiger partial charge in [-0.05, 0) is 30.2 Å². The van der Waals surface area contributed by atoms with Crippen LogP contribution in [-0.2, 0) is 16.1 Å². The summed E-state index contributed by atoms with van der Waals surface area (Å²) in [7, 11) is 0.